The van der Waals surface area contributed by atoms with Crippen LogP contribution in [0, 0.1) is 23.5 Å². The summed E-state index contributed by atoms with van der Waals surface area (Å²) >= 11 is 2.48. The van der Waals surface area contributed by atoms with Crippen LogP contribution in [0.3, 0.4) is 0 Å². The predicted molar refractivity (Wildman–Crippen MR) is 260 cm³/mol. The number of benzene rings is 3. The molecule has 4 amide bonds. The normalized spacial score (nSPS) is 21.8. The van der Waals surface area contributed by atoms with E-state index in [2.05, 4.69) is 20.6 Å². The minimum atomic E-state index is -0.723. The fraction of sp³-hybridized carbons (Fsp3) is 0.423. The average molecular weight is 991 g/mol. The number of ketones is 2. The molecule has 5 aromatic rings. The van der Waals surface area contributed by atoms with Crippen molar-refractivity contribution in [1.82, 2.24) is 30.4 Å². The highest BCUT2D eigenvalue weighted by Crippen LogP contribution is 2.39. The van der Waals surface area contributed by atoms with Crippen LogP contribution in [0.1, 0.15) is 152 Å². The van der Waals surface area contributed by atoms with E-state index in [0.29, 0.717) is 34.0 Å². The molecule has 0 bridgehead atoms. The molecule has 18 heteroatoms. The van der Waals surface area contributed by atoms with Crippen LogP contribution in [0.2, 0.25) is 0 Å². The van der Waals surface area contributed by atoms with Crippen molar-refractivity contribution in [2.75, 3.05) is 13.1 Å². The number of likely N-dealkylation sites (tertiary alicyclic amines) is 2. The Morgan fingerprint density at radius 2 is 0.871 bits per heavy atom. The predicted octanol–water partition coefficient (Wildman–Crippen LogP) is 7.30. The van der Waals surface area contributed by atoms with E-state index < -0.39 is 59.7 Å². The SMILES string of the molecule is N[C@H](C(=O)N1C[C@@H](NC(=O)c2ccc(C(=O)N[C@H]3C[C@@H](c4nc(C(=O)c5ccc(F)cc5)cs4)N(C(=O)[C@@H](N)C4CCCCC4)C3)cc2)C[C@H]1c1nc(C(=O)c2ccc(F)cc2)cs1)C1CCCCC1. The Labute approximate surface area is 412 Å². The number of aromatic nitrogens is 2. The number of halogens is 2. The molecule has 3 aromatic carbocycles. The van der Waals surface area contributed by atoms with Crippen molar-refractivity contribution in [3.63, 3.8) is 0 Å². The molecule has 4 aliphatic rings. The highest BCUT2D eigenvalue weighted by atomic mass is 32.1. The summed E-state index contributed by atoms with van der Waals surface area (Å²) < 4.78 is 27.2. The molecule has 14 nitrogen and oxygen atoms in total. The standard InChI is InChI=1S/C52H56F2N8O6S2/c53-35-19-15-31(16-20-35)45(63)39-27-69-49(59-39)41-23-37(25-61(41)51(67)43(55)29-7-3-1-4-8-29)57-47(65)33-11-13-34(14-12-33)48(66)58-38-24-42(62(26-38)52(68)44(56)30-9-5-2-6-10-30)50-60-40(28-70-50)46(64)32-17-21-36(54)22-18-32/h11-22,27-30,37-38,41-44H,1-10,23-26,55-56H2,(H,57,65)(H,58,66)/t37-,38-,41-,42-,43-,44-/m0/s1. The molecule has 0 unspecified atom stereocenters. The second kappa shape index (κ2) is 21.5. The van der Waals surface area contributed by atoms with Crippen LogP contribution in [0.5, 0.6) is 0 Å². The molecule has 4 fully saturated rings. The van der Waals surface area contributed by atoms with Gasteiger partial charge in [0.05, 0.1) is 24.2 Å². The molecule has 2 saturated heterocycles. The molecule has 2 aromatic heterocycles. The van der Waals surface area contributed by atoms with E-state index in [1.54, 1.807) is 44.8 Å². The number of carbonyl (C=O) groups excluding carboxylic acids is 6. The summed E-state index contributed by atoms with van der Waals surface area (Å²) in [6.45, 7) is 0.356. The van der Waals surface area contributed by atoms with Crippen molar-refractivity contribution >= 4 is 57.9 Å². The fourth-order valence-corrected chi connectivity index (χ4v) is 12.4. The summed E-state index contributed by atoms with van der Waals surface area (Å²) in [6, 6.07) is 13.2. The summed E-state index contributed by atoms with van der Waals surface area (Å²) in [5.74, 6) is -2.86. The Balaban J connectivity index is 0.867. The Hall–Kier alpha value is -6.08. The van der Waals surface area contributed by atoms with Crippen LogP contribution in [0.25, 0.3) is 0 Å². The van der Waals surface area contributed by atoms with E-state index in [1.165, 1.54) is 71.2 Å². The lowest BCUT2D eigenvalue weighted by molar-refractivity contribution is -0.136. The fourth-order valence-electron chi connectivity index (χ4n) is 10.5. The summed E-state index contributed by atoms with van der Waals surface area (Å²) in [7, 11) is 0. The van der Waals surface area contributed by atoms with E-state index in [4.69, 9.17) is 11.5 Å². The van der Waals surface area contributed by atoms with E-state index in [9.17, 15) is 37.5 Å². The first-order valence-electron chi connectivity index (χ1n) is 24.2. The van der Waals surface area contributed by atoms with Crippen molar-refractivity contribution in [3.05, 3.63) is 139 Å². The third kappa shape index (κ3) is 10.8. The van der Waals surface area contributed by atoms with Gasteiger partial charge in [0.25, 0.3) is 11.8 Å². The lowest BCUT2D eigenvalue weighted by Crippen LogP contribution is -2.49. The number of hydrogen-bond donors (Lipinski definition) is 4. The van der Waals surface area contributed by atoms with Gasteiger partial charge >= 0.3 is 0 Å². The average Bonchev–Trinajstić information content (AvgIpc) is 4.23. The Kier molecular flexibility index (Phi) is 15.0. The number of nitrogens with zero attached hydrogens (tertiary/aromatic N) is 4. The van der Waals surface area contributed by atoms with Gasteiger partial charge in [0.2, 0.25) is 23.4 Å². The van der Waals surface area contributed by atoms with Gasteiger partial charge in [0, 0.05) is 58.2 Å². The molecule has 2 aliphatic carbocycles. The van der Waals surface area contributed by atoms with Gasteiger partial charge in [-0.3, -0.25) is 28.8 Å². The number of amides is 4. The molecule has 6 N–H and O–H groups in total. The highest BCUT2D eigenvalue weighted by molar-refractivity contribution is 7.10. The maximum Gasteiger partial charge on any atom is 0.251 e. The zero-order valence-corrected chi connectivity index (χ0v) is 40.2. The summed E-state index contributed by atoms with van der Waals surface area (Å²) in [5.41, 5.74) is 14.8. The van der Waals surface area contributed by atoms with Gasteiger partial charge in [0.15, 0.2) is 0 Å². The van der Waals surface area contributed by atoms with Crippen molar-refractivity contribution in [2.45, 2.75) is 113 Å². The topological polar surface area (TPSA) is 211 Å². The van der Waals surface area contributed by atoms with Gasteiger partial charge in [0.1, 0.15) is 33.0 Å². The molecule has 2 aliphatic heterocycles. The van der Waals surface area contributed by atoms with E-state index in [1.807, 2.05) is 0 Å². The third-order valence-corrected chi connectivity index (χ3v) is 16.3. The van der Waals surface area contributed by atoms with Crippen LogP contribution in [0.15, 0.2) is 83.6 Å². The summed E-state index contributed by atoms with van der Waals surface area (Å²) in [5, 5.41) is 10.4. The number of nitrogens with one attached hydrogen (secondary N) is 2. The number of hydrogen-bond acceptors (Lipinski definition) is 12. The van der Waals surface area contributed by atoms with E-state index >= 15 is 0 Å². The molecule has 4 heterocycles. The molecule has 9 rings (SSSR count). The first-order chi connectivity index (χ1) is 33.8. The molecule has 0 spiro atoms. The largest absolute Gasteiger partial charge is 0.347 e. The number of carbonyl (C=O) groups is 6. The van der Waals surface area contributed by atoms with Gasteiger partial charge in [-0.05, 0) is 123 Å². The molecule has 6 atom stereocenters. The maximum absolute atomic E-state index is 14.1. The second-order valence-corrected chi connectivity index (χ2v) is 20.8. The first-order valence-corrected chi connectivity index (χ1v) is 25.9. The van der Waals surface area contributed by atoms with Crippen molar-refractivity contribution < 1.29 is 37.5 Å². The second-order valence-electron chi connectivity index (χ2n) is 19.1. The maximum atomic E-state index is 14.1. The highest BCUT2D eigenvalue weighted by Gasteiger charge is 2.44. The van der Waals surface area contributed by atoms with Gasteiger partial charge in [-0.15, -0.1) is 22.7 Å². The van der Waals surface area contributed by atoms with E-state index in [0.717, 1.165) is 64.2 Å². The quantitative estimate of drug-likeness (QED) is 0.0816. The van der Waals surface area contributed by atoms with Crippen LogP contribution < -0.4 is 22.1 Å². The van der Waals surface area contributed by atoms with Crippen molar-refractivity contribution in [3.8, 4) is 0 Å². The third-order valence-electron chi connectivity index (χ3n) is 14.4. The number of rotatable bonds is 14. The van der Waals surface area contributed by atoms with Gasteiger partial charge in [-0.1, -0.05) is 38.5 Å². The van der Waals surface area contributed by atoms with Crippen LogP contribution in [0.4, 0.5) is 8.78 Å². The van der Waals surface area contributed by atoms with Crippen LogP contribution in [-0.2, 0) is 9.59 Å². The Morgan fingerprint density at radius 1 is 0.529 bits per heavy atom. The minimum Gasteiger partial charge on any atom is -0.347 e. The van der Waals surface area contributed by atoms with Crippen molar-refractivity contribution in [2.24, 2.45) is 23.3 Å². The monoisotopic (exact) mass is 990 g/mol. The van der Waals surface area contributed by atoms with Crippen LogP contribution in [-0.4, -0.2) is 92.2 Å². The molecule has 366 valence electrons. The lowest BCUT2D eigenvalue weighted by atomic mass is 9.83. The zero-order valence-electron chi connectivity index (χ0n) is 38.6. The number of nitrogens with two attached hydrogens (primary N) is 2. The summed E-state index contributed by atoms with van der Waals surface area (Å²) in [6.07, 6.45) is 10.3. The zero-order chi connectivity index (χ0) is 49.1. The minimum absolute atomic E-state index is 0.0393. The molecule has 0 radical (unpaired) electrons. The summed E-state index contributed by atoms with van der Waals surface area (Å²) in [4.78, 5) is 95.1. The first kappa shape index (κ1) is 48.9. The van der Waals surface area contributed by atoms with Gasteiger partial charge < -0.3 is 31.9 Å². The Bertz CT molecular complexity index is 2540. The lowest BCUT2D eigenvalue weighted by Gasteiger charge is -2.32. The molecular formula is C52H56F2N8O6S2. The van der Waals surface area contributed by atoms with E-state index in [-0.39, 0.29) is 70.8 Å². The smallest absolute Gasteiger partial charge is 0.251 e. The van der Waals surface area contributed by atoms with Crippen LogP contribution >= 0.6 is 22.7 Å². The molecular weight excluding hydrogens is 935 g/mol. The van der Waals surface area contributed by atoms with Gasteiger partial charge in [-0.25, -0.2) is 18.7 Å². The molecule has 70 heavy (non-hydrogen) atoms. The number of thiazole rings is 2. The van der Waals surface area contributed by atoms with Crippen molar-refractivity contribution in [1.29, 1.82) is 0 Å². The van der Waals surface area contributed by atoms with Gasteiger partial charge in [-0.2, -0.15) is 0 Å². The Morgan fingerprint density at radius 3 is 1.23 bits per heavy atom. The molecule has 2 saturated carbocycles.